The molecular formula is C22H22N2O3S. The van der Waals surface area contributed by atoms with E-state index in [0.29, 0.717) is 24.2 Å². The van der Waals surface area contributed by atoms with Gasteiger partial charge in [0, 0.05) is 33.5 Å². The third-order valence-electron chi connectivity index (χ3n) is 4.60. The molecule has 0 saturated carbocycles. The number of amides is 1. The van der Waals surface area contributed by atoms with Gasteiger partial charge in [0.2, 0.25) is 0 Å². The highest BCUT2D eigenvalue weighted by atomic mass is 32.1. The highest BCUT2D eigenvalue weighted by Crippen LogP contribution is 2.23. The smallest absolute Gasteiger partial charge is 0.273 e. The Morgan fingerprint density at radius 1 is 1.07 bits per heavy atom. The molecule has 28 heavy (non-hydrogen) atoms. The zero-order valence-electron chi connectivity index (χ0n) is 15.9. The molecule has 5 nitrogen and oxygen atoms in total. The van der Waals surface area contributed by atoms with Crippen molar-refractivity contribution in [2.24, 2.45) is 0 Å². The number of thiophene rings is 1. The summed E-state index contributed by atoms with van der Waals surface area (Å²) in [7, 11) is 0. The minimum atomic E-state index is -0.441. The van der Waals surface area contributed by atoms with Gasteiger partial charge in [-0.05, 0) is 44.0 Å². The predicted molar refractivity (Wildman–Crippen MR) is 112 cm³/mol. The van der Waals surface area contributed by atoms with Gasteiger partial charge in [-0.1, -0.05) is 36.4 Å². The number of nitro benzene ring substituents is 1. The van der Waals surface area contributed by atoms with E-state index in [1.165, 1.54) is 10.9 Å². The lowest BCUT2D eigenvalue weighted by atomic mass is 10.1. The van der Waals surface area contributed by atoms with E-state index in [-0.39, 0.29) is 11.6 Å². The maximum absolute atomic E-state index is 13.2. The van der Waals surface area contributed by atoms with Gasteiger partial charge in [-0.3, -0.25) is 14.9 Å². The highest BCUT2D eigenvalue weighted by molar-refractivity contribution is 7.11. The first kappa shape index (κ1) is 19.8. The Morgan fingerprint density at radius 3 is 2.46 bits per heavy atom. The molecule has 0 bridgehead atoms. The standard InChI is InChI=1S/C22H22N2O3S/c1-16-8-10-19(14-21(16)24(26)27)22(25)23(15-20-11-9-17(2)28-20)13-12-18-6-4-3-5-7-18/h3-11,14H,12-13,15H2,1-2H3. The van der Waals surface area contributed by atoms with Gasteiger partial charge in [0.1, 0.15) is 0 Å². The molecule has 1 heterocycles. The maximum atomic E-state index is 13.2. The zero-order chi connectivity index (χ0) is 20.1. The summed E-state index contributed by atoms with van der Waals surface area (Å²) >= 11 is 1.66. The van der Waals surface area contributed by atoms with Crippen LogP contribution in [0.5, 0.6) is 0 Å². The van der Waals surface area contributed by atoms with Crippen LogP contribution in [-0.4, -0.2) is 22.3 Å². The van der Waals surface area contributed by atoms with Crippen LogP contribution >= 0.6 is 11.3 Å². The SMILES string of the molecule is Cc1ccc(CN(CCc2ccccc2)C(=O)c2ccc(C)c([N+](=O)[O-])c2)s1. The van der Waals surface area contributed by atoms with Crippen LogP contribution < -0.4 is 0 Å². The number of benzene rings is 2. The molecule has 1 amide bonds. The van der Waals surface area contributed by atoms with Crippen LogP contribution in [0.15, 0.2) is 60.7 Å². The van der Waals surface area contributed by atoms with Gasteiger partial charge >= 0.3 is 0 Å². The largest absolute Gasteiger partial charge is 0.333 e. The molecule has 3 rings (SSSR count). The fourth-order valence-electron chi connectivity index (χ4n) is 3.04. The van der Waals surface area contributed by atoms with Crippen molar-refractivity contribution in [2.75, 3.05) is 6.54 Å². The Kier molecular flexibility index (Phi) is 6.21. The van der Waals surface area contributed by atoms with Crippen molar-refractivity contribution in [1.29, 1.82) is 0 Å². The number of hydrogen-bond donors (Lipinski definition) is 0. The summed E-state index contributed by atoms with van der Waals surface area (Å²) in [4.78, 5) is 28.0. The van der Waals surface area contributed by atoms with E-state index in [0.717, 1.165) is 16.9 Å². The number of hydrogen-bond acceptors (Lipinski definition) is 4. The monoisotopic (exact) mass is 394 g/mol. The Balaban J connectivity index is 1.85. The van der Waals surface area contributed by atoms with E-state index in [4.69, 9.17) is 0 Å². The van der Waals surface area contributed by atoms with Crippen LogP contribution in [-0.2, 0) is 13.0 Å². The summed E-state index contributed by atoms with van der Waals surface area (Å²) in [6.45, 7) is 4.74. The fourth-order valence-corrected chi connectivity index (χ4v) is 3.95. The summed E-state index contributed by atoms with van der Waals surface area (Å²) in [5, 5.41) is 11.3. The van der Waals surface area contributed by atoms with Crippen LogP contribution in [0, 0.1) is 24.0 Å². The van der Waals surface area contributed by atoms with Crippen molar-refractivity contribution >= 4 is 22.9 Å². The molecule has 144 valence electrons. The average molecular weight is 394 g/mol. The third-order valence-corrected chi connectivity index (χ3v) is 5.58. The van der Waals surface area contributed by atoms with Gasteiger partial charge in [0.25, 0.3) is 11.6 Å². The first-order chi connectivity index (χ1) is 13.4. The average Bonchev–Trinajstić information content (AvgIpc) is 3.10. The number of carbonyl (C=O) groups is 1. The molecule has 0 fully saturated rings. The third kappa shape index (κ3) is 4.84. The van der Waals surface area contributed by atoms with Crippen molar-refractivity contribution in [3.8, 4) is 0 Å². The molecule has 0 aliphatic heterocycles. The molecule has 0 aliphatic carbocycles. The number of rotatable bonds is 7. The van der Waals surface area contributed by atoms with Crippen LogP contribution in [0.3, 0.4) is 0 Å². The van der Waals surface area contributed by atoms with Gasteiger partial charge < -0.3 is 4.90 Å². The quantitative estimate of drug-likeness (QED) is 0.411. The molecule has 0 spiro atoms. The second-order valence-electron chi connectivity index (χ2n) is 6.73. The Labute approximate surface area is 168 Å². The number of nitrogens with zero attached hydrogens (tertiary/aromatic N) is 2. The van der Waals surface area contributed by atoms with Crippen LogP contribution in [0.25, 0.3) is 0 Å². The molecule has 0 N–H and O–H groups in total. The molecule has 0 atom stereocenters. The summed E-state index contributed by atoms with van der Waals surface area (Å²) in [5.41, 5.74) is 2.02. The predicted octanol–water partition coefficient (Wildman–Crippen LogP) is 5.16. The fraction of sp³-hybridized carbons (Fsp3) is 0.227. The lowest BCUT2D eigenvalue weighted by Crippen LogP contribution is -2.32. The van der Waals surface area contributed by atoms with Crippen molar-refractivity contribution < 1.29 is 9.72 Å². The van der Waals surface area contributed by atoms with E-state index in [9.17, 15) is 14.9 Å². The molecule has 0 aliphatic rings. The summed E-state index contributed by atoms with van der Waals surface area (Å²) in [6, 6.07) is 18.7. The van der Waals surface area contributed by atoms with Crippen molar-refractivity contribution in [1.82, 2.24) is 4.90 Å². The van der Waals surface area contributed by atoms with Crippen LogP contribution in [0.1, 0.15) is 31.2 Å². The van der Waals surface area contributed by atoms with E-state index < -0.39 is 4.92 Å². The van der Waals surface area contributed by atoms with E-state index in [2.05, 4.69) is 0 Å². The van der Waals surface area contributed by atoms with E-state index in [1.54, 1.807) is 35.3 Å². The molecule has 6 heteroatoms. The van der Waals surface area contributed by atoms with Gasteiger partial charge in [0.15, 0.2) is 0 Å². The molecule has 0 radical (unpaired) electrons. The highest BCUT2D eigenvalue weighted by Gasteiger charge is 2.20. The molecule has 0 unspecified atom stereocenters. The summed E-state index contributed by atoms with van der Waals surface area (Å²) in [5.74, 6) is -0.190. The first-order valence-corrected chi connectivity index (χ1v) is 9.89. The van der Waals surface area contributed by atoms with Gasteiger partial charge in [-0.15, -0.1) is 11.3 Å². The lowest BCUT2D eigenvalue weighted by Gasteiger charge is -2.22. The normalized spacial score (nSPS) is 10.6. The molecular weight excluding hydrogens is 372 g/mol. The van der Waals surface area contributed by atoms with Crippen LogP contribution in [0.4, 0.5) is 5.69 Å². The Hall–Kier alpha value is -2.99. The minimum absolute atomic E-state index is 0.0270. The van der Waals surface area contributed by atoms with Gasteiger partial charge in [-0.25, -0.2) is 0 Å². The molecule has 2 aromatic carbocycles. The number of aryl methyl sites for hydroxylation is 2. The number of nitro groups is 1. The second kappa shape index (κ2) is 8.80. The molecule has 3 aromatic rings. The van der Waals surface area contributed by atoms with E-state index >= 15 is 0 Å². The molecule has 1 aromatic heterocycles. The first-order valence-electron chi connectivity index (χ1n) is 9.07. The van der Waals surface area contributed by atoms with Crippen molar-refractivity contribution in [2.45, 2.75) is 26.8 Å². The van der Waals surface area contributed by atoms with Gasteiger partial charge in [-0.2, -0.15) is 0 Å². The Morgan fingerprint density at radius 2 is 1.82 bits per heavy atom. The van der Waals surface area contributed by atoms with E-state index in [1.807, 2.05) is 49.4 Å². The van der Waals surface area contributed by atoms with Crippen molar-refractivity contribution in [3.63, 3.8) is 0 Å². The summed E-state index contributed by atoms with van der Waals surface area (Å²) in [6.07, 6.45) is 0.727. The second-order valence-corrected chi connectivity index (χ2v) is 8.11. The lowest BCUT2D eigenvalue weighted by molar-refractivity contribution is -0.385. The zero-order valence-corrected chi connectivity index (χ0v) is 16.7. The maximum Gasteiger partial charge on any atom is 0.273 e. The van der Waals surface area contributed by atoms with Gasteiger partial charge in [0.05, 0.1) is 11.5 Å². The number of carbonyl (C=O) groups excluding carboxylic acids is 1. The summed E-state index contributed by atoms with van der Waals surface area (Å²) < 4.78 is 0. The topological polar surface area (TPSA) is 63.5 Å². The molecule has 0 saturated heterocycles. The van der Waals surface area contributed by atoms with Crippen molar-refractivity contribution in [3.05, 3.63) is 97.2 Å². The minimum Gasteiger partial charge on any atom is -0.333 e. The Bertz CT molecular complexity index is 982. The van der Waals surface area contributed by atoms with Crippen LogP contribution in [0.2, 0.25) is 0 Å².